The lowest BCUT2D eigenvalue weighted by Gasteiger charge is -2.10. The summed E-state index contributed by atoms with van der Waals surface area (Å²) in [5.41, 5.74) is -1.29. The summed E-state index contributed by atoms with van der Waals surface area (Å²) in [5.74, 6) is -1.99. The minimum atomic E-state index is -4.62. The van der Waals surface area contributed by atoms with Crippen molar-refractivity contribution in [1.82, 2.24) is 4.98 Å². The normalized spacial score (nSPS) is 11.0. The monoisotopic (exact) mass is 341 g/mol. The molecule has 24 heavy (non-hydrogen) atoms. The molecule has 1 heterocycles. The fourth-order valence-corrected chi connectivity index (χ4v) is 1.79. The molecule has 5 nitrogen and oxygen atoms in total. The summed E-state index contributed by atoms with van der Waals surface area (Å²) < 4.78 is 51.0. The van der Waals surface area contributed by atoms with Crippen LogP contribution in [0.15, 0.2) is 36.5 Å². The van der Waals surface area contributed by atoms with Crippen LogP contribution in [0.3, 0.4) is 0 Å². The van der Waals surface area contributed by atoms with Gasteiger partial charge in [0.2, 0.25) is 5.91 Å². The van der Waals surface area contributed by atoms with Gasteiger partial charge in [-0.1, -0.05) is 0 Å². The van der Waals surface area contributed by atoms with Gasteiger partial charge in [0.15, 0.2) is 0 Å². The maximum atomic E-state index is 13.7. The molecule has 2 amide bonds. The van der Waals surface area contributed by atoms with E-state index in [1.54, 1.807) is 0 Å². The van der Waals surface area contributed by atoms with Crippen LogP contribution in [0.2, 0.25) is 0 Å². The summed E-state index contributed by atoms with van der Waals surface area (Å²) in [5, 5.41) is 4.63. The summed E-state index contributed by atoms with van der Waals surface area (Å²) in [6, 6.07) is 5.10. The van der Waals surface area contributed by atoms with Crippen molar-refractivity contribution >= 4 is 23.2 Å². The lowest BCUT2D eigenvalue weighted by Crippen LogP contribution is -2.15. The molecule has 2 rings (SSSR count). The zero-order valence-corrected chi connectivity index (χ0v) is 12.2. The van der Waals surface area contributed by atoms with Crippen LogP contribution in [0.4, 0.5) is 28.9 Å². The van der Waals surface area contributed by atoms with E-state index in [1.807, 2.05) is 0 Å². The van der Waals surface area contributed by atoms with Gasteiger partial charge >= 0.3 is 6.18 Å². The van der Waals surface area contributed by atoms with E-state index in [0.717, 1.165) is 18.3 Å². The third kappa shape index (κ3) is 4.28. The number of alkyl halides is 3. The quantitative estimate of drug-likeness (QED) is 0.840. The van der Waals surface area contributed by atoms with Gasteiger partial charge in [-0.2, -0.15) is 13.2 Å². The SMILES string of the molecule is CC(=O)Nc1ccc(F)c(NC(=O)c2ccc(C(F)(F)F)nc2)c1. The molecule has 0 bridgehead atoms. The van der Waals surface area contributed by atoms with E-state index < -0.39 is 23.6 Å². The first-order valence-electron chi connectivity index (χ1n) is 6.58. The first-order chi connectivity index (χ1) is 11.2. The number of nitrogens with zero attached hydrogens (tertiary/aromatic N) is 1. The number of hydrogen-bond donors (Lipinski definition) is 2. The van der Waals surface area contributed by atoms with Crippen molar-refractivity contribution in [3.8, 4) is 0 Å². The van der Waals surface area contributed by atoms with Crippen LogP contribution < -0.4 is 10.6 Å². The fraction of sp³-hybridized carbons (Fsp3) is 0.133. The van der Waals surface area contributed by atoms with Crippen LogP contribution in [0.1, 0.15) is 23.0 Å². The maximum absolute atomic E-state index is 13.7. The van der Waals surface area contributed by atoms with Gasteiger partial charge in [-0.3, -0.25) is 14.6 Å². The van der Waals surface area contributed by atoms with Gasteiger partial charge in [0.25, 0.3) is 5.91 Å². The second-order valence-corrected chi connectivity index (χ2v) is 4.76. The van der Waals surface area contributed by atoms with E-state index in [4.69, 9.17) is 0 Å². The van der Waals surface area contributed by atoms with Gasteiger partial charge in [-0.05, 0) is 30.3 Å². The van der Waals surface area contributed by atoms with Crippen molar-refractivity contribution in [2.75, 3.05) is 10.6 Å². The summed E-state index contributed by atoms with van der Waals surface area (Å²) in [7, 11) is 0. The lowest BCUT2D eigenvalue weighted by molar-refractivity contribution is -0.141. The highest BCUT2D eigenvalue weighted by molar-refractivity contribution is 6.04. The minimum absolute atomic E-state index is 0.174. The molecule has 9 heteroatoms. The highest BCUT2D eigenvalue weighted by Gasteiger charge is 2.32. The minimum Gasteiger partial charge on any atom is -0.326 e. The van der Waals surface area contributed by atoms with Crippen LogP contribution >= 0.6 is 0 Å². The van der Waals surface area contributed by atoms with E-state index in [1.165, 1.54) is 19.1 Å². The number of halogens is 4. The Morgan fingerprint density at radius 3 is 2.33 bits per heavy atom. The van der Waals surface area contributed by atoms with Crippen molar-refractivity contribution in [3.05, 3.63) is 53.6 Å². The smallest absolute Gasteiger partial charge is 0.326 e. The number of rotatable bonds is 3. The molecule has 126 valence electrons. The van der Waals surface area contributed by atoms with Gasteiger partial charge in [0, 0.05) is 18.8 Å². The van der Waals surface area contributed by atoms with Crippen LogP contribution in [0, 0.1) is 5.82 Å². The standard InChI is InChI=1S/C15H11F4N3O2/c1-8(23)21-10-3-4-11(16)12(6-10)22-14(24)9-2-5-13(20-7-9)15(17,18)19/h2-7H,1H3,(H,21,23)(H,22,24). The average Bonchev–Trinajstić information content (AvgIpc) is 2.49. The Hall–Kier alpha value is -2.97. The molecular weight excluding hydrogens is 330 g/mol. The molecule has 0 aliphatic carbocycles. The maximum Gasteiger partial charge on any atom is 0.433 e. The van der Waals surface area contributed by atoms with Crippen LogP contribution in [0.25, 0.3) is 0 Å². The van der Waals surface area contributed by atoms with E-state index in [9.17, 15) is 27.2 Å². The number of benzene rings is 1. The topological polar surface area (TPSA) is 71.1 Å². The largest absolute Gasteiger partial charge is 0.433 e. The number of carbonyl (C=O) groups excluding carboxylic acids is 2. The predicted molar refractivity (Wildman–Crippen MR) is 77.9 cm³/mol. The van der Waals surface area contributed by atoms with E-state index in [0.29, 0.717) is 6.07 Å². The van der Waals surface area contributed by atoms with Crippen molar-refractivity contribution in [3.63, 3.8) is 0 Å². The van der Waals surface area contributed by atoms with E-state index >= 15 is 0 Å². The molecule has 0 aliphatic rings. The zero-order chi connectivity index (χ0) is 17.9. The summed E-state index contributed by atoms with van der Waals surface area (Å²) >= 11 is 0. The van der Waals surface area contributed by atoms with Crippen LogP contribution in [-0.4, -0.2) is 16.8 Å². The van der Waals surface area contributed by atoms with Crippen LogP contribution in [-0.2, 0) is 11.0 Å². The summed E-state index contributed by atoms with van der Waals surface area (Å²) in [6.45, 7) is 1.26. The Morgan fingerprint density at radius 2 is 1.79 bits per heavy atom. The first kappa shape index (κ1) is 17.4. The number of pyridine rings is 1. The molecule has 0 atom stereocenters. The van der Waals surface area contributed by atoms with Gasteiger partial charge in [-0.25, -0.2) is 4.39 Å². The van der Waals surface area contributed by atoms with Crippen molar-refractivity contribution in [2.24, 2.45) is 0 Å². The average molecular weight is 341 g/mol. The molecule has 1 aromatic heterocycles. The van der Waals surface area contributed by atoms with Crippen molar-refractivity contribution in [2.45, 2.75) is 13.1 Å². The molecule has 2 N–H and O–H groups in total. The zero-order valence-electron chi connectivity index (χ0n) is 12.2. The predicted octanol–water partition coefficient (Wildman–Crippen LogP) is 3.45. The van der Waals surface area contributed by atoms with Crippen molar-refractivity contribution in [1.29, 1.82) is 0 Å². The summed E-state index contributed by atoms with van der Waals surface area (Å²) in [6.07, 6.45) is -3.87. The molecule has 0 saturated carbocycles. The van der Waals surface area contributed by atoms with Gasteiger partial charge in [-0.15, -0.1) is 0 Å². The van der Waals surface area contributed by atoms with Gasteiger partial charge < -0.3 is 10.6 Å². The third-order valence-corrected chi connectivity index (χ3v) is 2.85. The second-order valence-electron chi connectivity index (χ2n) is 4.76. The molecule has 0 unspecified atom stereocenters. The Labute approximate surface area is 133 Å². The number of hydrogen-bond acceptors (Lipinski definition) is 3. The molecule has 0 spiro atoms. The van der Waals surface area contributed by atoms with Gasteiger partial charge in [0.05, 0.1) is 11.3 Å². The molecular formula is C15H11F4N3O2. The number of nitrogens with one attached hydrogen (secondary N) is 2. The highest BCUT2D eigenvalue weighted by Crippen LogP contribution is 2.27. The highest BCUT2D eigenvalue weighted by atomic mass is 19.4. The van der Waals surface area contributed by atoms with Crippen molar-refractivity contribution < 1.29 is 27.2 Å². The van der Waals surface area contributed by atoms with E-state index in [2.05, 4.69) is 15.6 Å². The Morgan fingerprint density at radius 1 is 1.08 bits per heavy atom. The lowest BCUT2D eigenvalue weighted by atomic mass is 10.2. The molecule has 0 aliphatic heterocycles. The molecule has 0 saturated heterocycles. The number of amides is 2. The molecule has 1 aromatic carbocycles. The molecule has 0 fully saturated rings. The third-order valence-electron chi connectivity index (χ3n) is 2.85. The van der Waals surface area contributed by atoms with Gasteiger partial charge in [0.1, 0.15) is 11.5 Å². The Bertz CT molecular complexity index is 773. The Balaban J connectivity index is 2.18. The molecule has 0 radical (unpaired) electrons. The fourth-order valence-electron chi connectivity index (χ4n) is 1.79. The van der Waals surface area contributed by atoms with Crippen LogP contribution in [0.5, 0.6) is 0 Å². The number of anilines is 2. The number of aromatic nitrogens is 1. The molecule has 2 aromatic rings. The number of carbonyl (C=O) groups is 2. The second kappa shape index (κ2) is 6.65. The summed E-state index contributed by atoms with van der Waals surface area (Å²) in [4.78, 5) is 26.1. The van der Waals surface area contributed by atoms with E-state index in [-0.39, 0.29) is 22.8 Å². The first-order valence-corrected chi connectivity index (χ1v) is 6.58. The Kier molecular flexibility index (Phi) is 4.82.